The van der Waals surface area contributed by atoms with Crippen molar-refractivity contribution in [3.8, 4) is 0 Å². The number of piperazine rings is 1. The van der Waals surface area contributed by atoms with Crippen LogP contribution < -0.4 is 10.6 Å². The fourth-order valence-electron chi connectivity index (χ4n) is 3.00. The maximum Gasteiger partial charge on any atom is 0.185 e. The molecule has 1 aliphatic heterocycles. The molecule has 0 radical (unpaired) electrons. The van der Waals surface area contributed by atoms with Crippen molar-refractivity contribution in [2.75, 3.05) is 31.1 Å². The van der Waals surface area contributed by atoms with Crippen LogP contribution in [0.4, 0.5) is 5.13 Å². The highest BCUT2D eigenvalue weighted by molar-refractivity contribution is 7.15. The summed E-state index contributed by atoms with van der Waals surface area (Å²) in [6.45, 7) is 9.04. The summed E-state index contributed by atoms with van der Waals surface area (Å²) in [6, 6.07) is 0.825. The molecule has 0 saturated carbocycles. The summed E-state index contributed by atoms with van der Waals surface area (Å²) in [6.07, 6.45) is 3.49. The molecule has 4 nitrogen and oxygen atoms in total. The lowest BCUT2D eigenvalue weighted by Gasteiger charge is -2.36. The van der Waals surface area contributed by atoms with Gasteiger partial charge < -0.3 is 10.6 Å². The molecule has 0 amide bonds. The van der Waals surface area contributed by atoms with Crippen LogP contribution in [0.1, 0.15) is 43.3 Å². The molecule has 2 aliphatic rings. The maximum atomic E-state index is 6.17. The van der Waals surface area contributed by atoms with Gasteiger partial charge in [0.25, 0.3) is 0 Å². The molecule has 2 heterocycles. The molecule has 5 heteroatoms. The summed E-state index contributed by atoms with van der Waals surface area (Å²) in [7, 11) is 0. The van der Waals surface area contributed by atoms with E-state index in [1.165, 1.54) is 28.5 Å². The molecular formula is C14H24N4S. The molecule has 106 valence electrons. The Hall–Kier alpha value is -0.650. The molecule has 0 aromatic carbocycles. The molecular weight excluding hydrogens is 256 g/mol. The van der Waals surface area contributed by atoms with Crippen LogP contribution in [-0.4, -0.2) is 42.1 Å². The lowest BCUT2D eigenvalue weighted by atomic mass is 9.99. The summed E-state index contributed by atoms with van der Waals surface area (Å²) in [5.74, 6) is 0. The SMILES string of the molecule is CC(C)N1CCN(c2nc3c(s2)CCCC3N)CC1. The number of hydrogen-bond donors (Lipinski definition) is 1. The second-order valence-electron chi connectivity index (χ2n) is 5.92. The van der Waals surface area contributed by atoms with Crippen LogP contribution in [0.5, 0.6) is 0 Å². The van der Waals surface area contributed by atoms with E-state index in [2.05, 4.69) is 23.6 Å². The van der Waals surface area contributed by atoms with Gasteiger partial charge in [0.2, 0.25) is 0 Å². The monoisotopic (exact) mass is 280 g/mol. The van der Waals surface area contributed by atoms with Gasteiger partial charge in [-0.1, -0.05) is 0 Å². The third-order valence-corrected chi connectivity index (χ3v) is 5.49. The third kappa shape index (κ3) is 2.64. The summed E-state index contributed by atoms with van der Waals surface area (Å²) in [5.41, 5.74) is 7.35. The number of thiazole rings is 1. The highest BCUT2D eigenvalue weighted by atomic mass is 32.1. The molecule has 0 spiro atoms. The van der Waals surface area contributed by atoms with Crippen LogP contribution in [0.15, 0.2) is 0 Å². The molecule has 1 atom stereocenters. The number of aromatic nitrogens is 1. The molecule has 1 fully saturated rings. The Morgan fingerprint density at radius 1 is 1.26 bits per heavy atom. The number of hydrogen-bond acceptors (Lipinski definition) is 5. The van der Waals surface area contributed by atoms with Gasteiger partial charge in [-0.2, -0.15) is 0 Å². The number of aryl methyl sites for hydroxylation is 1. The Bertz CT molecular complexity index is 435. The molecule has 19 heavy (non-hydrogen) atoms. The number of rotatable bonds is 2. The molecule has 1 aromatic rings. The average molecular weight is 280 g/mol. The first-order chi connectivity index (χ1) is 9.15. The Kier molecular flexibility index (Phi) is 3.78. The molecule has 3 rings (SSSR count). The van der Waals surface area contributed by atoms with Gasteiger partial charge in [-0.05, 0) is 33.1 Å². The van der Waals surface area contributed by atoms with Crippen molar-refractivity contribution in [3.05, 3.63) is 10.6 Å². The first-order valence-corrected chi connectivity index (χ1v) is 8.21. The van der Waals surface area contributed by atoms with Crippen LogP contribution in [0, 0.1) is 0 Å². The fourth-order valence-corrected chi connectivity index (χ4v) is 4.23. The highest BCUT2D eigenvalue weighted by Crippen LogP contribution is 2.35. The van der Waals surface area contributed by atoms with E-state index in [1.807, 2.05) is 11.3 Å². The Morgan fingerprint density at radius 2 is 2.00 bits per heavy atom. The quantitative estimate of drug-likeness (QED) is 0.900. The minimum atomic E-state index is 0.172. The van der Waals surface area contributed by atoms with Gasteiger partial charge in [-0.25, -0.2) is 4.98 Å². The van der Waals surface area contributed by atoms with Crippen LogP contribution in [-0.2, 0) is 6.42 Å². The van der Waals surface area contributed by atoms with E-state index in [-0.39, 0.29) is 6.04 Å². The van der Waals surface area contributed by atoms with E-state index in [9.17, 15) is 0 Å². The summed E-state index contributed by atoms with van der Waals surface area (Å²) in [5, 5.41) is 1.20. The largest absolute Gasteiger partial charge is 0.346 e. The summed E-state index contributed by atoms with van der Waals surface area (Å²) < 4.78 is 0. The van der Waals surface area contributed by atoms with Crippen molar-refractivity contribution in [1.82, 2.24) is 9.88 Å². The zero-order valence-corrected chi connectivity index (χ0v) is 12.7. The molecule has 1 unspecified atom stereocenters. The van der Waals surface area contributed by atoms with Gasteiger partial charge in [-0.15, -0.1) is 11.3 Å². The minimum Gasteiger partial charge on any atom is -0.346 e. The van der Waals surface area contributed by atoms with E-state index in [0.717, 1.165) is 32.6 Å². The van der Waals surface area contributed by atoms with Gasteiger partial charge in [0, 0.05) is 43.1 Å². The Balaban J connectivity index is 1.70. The Labute approximate surface area is 119 Å². The van der Waals surface area contributed by atoms with Crippen LogP contribution in [0.3, 0.4) is 0 Å². The second-order valence-corrected chi connectivity index (χ2v) is 6.98. The highest BCUT2D eigenvalue weighted by Gasteiger charge is 2.26. The lowest BCUT2D eigenvalue weighted by Crippen LogP contribution is -2.48. The van der Waals surface area contributed by atoms with Gasteiger partial charge in [0.1, 0.15) is 0 Å². The van der Waals surface area contributed by atoms with Gasteiger partial charge in [-0.3, -0.25) is 4.90 Å². The zero-order chi connectivity index (χ0) is 13.4. The third-order valence-electron chi connectivity index (χ3n) is 4.30. The van der Waals surface area contributed by atoms with Gasteiger partial charge >= 0.3 is 0 Å². The summed E-state index contributed by atoms with van der Waals surface area (Å²) >= 11 is 1.87. The second kappa shape index (κ2) is 5.38. The predicted octanol–water partition coefficient (Wildman–Crippen LogP) is 2.01. The van der Waals surface area contributed by atoms with E-state index < -0.39 is 0 Å². The molecule has 0 bridgehead atoms. The van der Waals surface area contributed by atoms with E-state index in [1.54, 1.807) is 0 Å². The minimum absolute atomic E-state index is 0.172. The van der Waals surface area contributed by atoms with Crippen molar-refractivity contribution in [2.24, 2.45) is 5.73 Å². The average Bonchev–Trinajstić information content (AvgIpc) is 2.84. The Morgan fingerprint density at radius 3 is 2.63 bits per heavy atom. The van der Waals surface area contributed by atoms with Gasteiger partial charge in [0.15, 0.2) is 5.13 Å². The van der Waals surface area contributed by atoms with Crippen LogP contribution in [0.25, 0.3) is 0 Å². The van der Waals surface area contributed by atoms with Crippen molar-refractivity contribution in [3.63, 3.8) is 0 Å². The molecule has 1 aliphatic carbocycles. The number of nitrogens with two attached hydrogens (primary N) is 1. The number of nitrogens with zero attached hydrogens (tertiary/aromatic N) is 3. The van der Waals surface area contributed by atoms with Crippen molar-refractivity contribution in [1.29, 1.82) is 0 Å². The van der Waals surface area contributed by atoms with Crippen molar-refractivity contribution >= 4 is 16.5 Å². The number of anilines is 1. The predicted molar refractivity (Wildman–Crippen MR) is 80.9 cm³/mol. The molecule has 1 saturated heterocycles. The maximum absolute atomic E-state index is 6.17. The molecule has 2 N–H and O–H groups in total. The lowest BCUT2D eigenvalue weighted by molar-refractivity contribution is 0.209. The van der Waals surface area contributed by atoms with E-state index >= 15 is 0 Å². The van der Waals surface area contributed by atoms with Crippen molar-refractivity contribution in [2.45, 2.75) is 45.2 Å². The topological polar surface area (TPSA) is 45.4 Å². The van der Waals surface area contributed by atoms with Crippen LogP contribution >= 0.6 is 11.3 Å². The fraction of sp³-hybridized carbons (Fsp3) is 0.786. The first-order valence-electron chi connectivity index (χ1n) is 7.39. The number of fused-ring (bicyclic) bond motifs is 1. The van der Waals surface area contributed by atoms with E-state index in [4.69, 9.17) is 10.7 Å². The van der Waals surface area contributed by atoms with Crippen LogP contribution in [0.2, 0.25) is 0 Å². The van der Waals surface area contributed by atoms with Crippen molar-refractivity contribution < 1.29 is 0 Å². The first kappa shape index (κ1) is 13.3. The smallest absolute Gasteiger partial charge is 0.185 e. The van der Waals surface area contributed by atoms with Gasteiger partial charge in [0.05, 0.1) is 5.69 Å². The normalized spacial score (nSPS) is 24.8. The molecule has 1 aromatic heterocycles. The standard InChI is InChI=1S/C14H24N4S/c1-10(2)17-6-8-18(9-7-17)14-16-13-11(15)4-3-5-12(13)19-14/h10-11H,3-9,15H2,1-2H3. The van der Waals surface area contributed by atoms with E-state index in [0.29, 0.717) is 6.04 Å². The summed E-state index contributed by atoms with van der Waals surface area (Å²) in [4.78, 5) is 11.2. The zero-order valence-electron chi connectivity index (χ0n) is 11.9.